The molecule has 7 nitrogen and oxygen atoms in total. The Morgan fingerprint density at radius 1 is 1.00 bits per heavy atom. The van der Waals surface area contributed by atoms with Gasteiger partial charge in [-0.1, -0.05) is 30.3 Å². The summed E-state index contributed by atoms with van der Waals surface area (Å²) in [6.45, 7) is 3.91. The number of rotatable bonds is 5. The number of fused-ring (bicyclic) bond motifs is 1. The van der Waals surface area contributed by atoms with Crippen molar-refractivity contribution < 1.29 is 14.9 Å². The summed E-state index contributed by atoms with van der Waals surface area (Å²) in [4.78, 5) is 4.42. The van der Waals surface area contributed by atoms with E-state index in [-0.39, 0.29) is 12.0 Å². The zero-order chi connectivity index (χ0) is 21.4. The number of benzene rings is 2. The van der Waals surface area contributed by atoms with Gasteiger partial charge in [-0.3, -0.25) is 0 Å². The van der Waals surface area contributed by atoms with Crippen LogP contribution in [0, 0.1) is 12.8 Å². The first-order valence-electron chi connectivity index (χ1n) is 10.2. The molecular formula is C24H23N4O3. The highest BCUT2D eigenvalue weighted by atomic mass is 16.5. The fraction of sp³-hybridized carbons (Fsp3) is 0.208. The standard InChI is InChI=1S/C24H23N4O3/c1-15-13-19(24(30)23(15)29)26-21-11-12-25-22-14-18(27-28(21)22)17-9-5-6-10-20(17)31-16-7-3-2-4-8-16/h2-12,14-15,19,23-24,26,29-30H,1,13H2/t15-,19-,23-,24+/m1/s1. The summed E-state index contributed by atoms with van der Waals surface area (Å²) >= 11 is 0. The van der Waals surface area contributed by atoms with Gasteiger partial charge in [0.15, 0.2) is 5.65 Å². The Bertz CT molecular complexity index is 1190. The molecule has 2 heterocycles. The number of aliphatic hydroxyl groups is 2. The lowest BCUT2D eigenvalue weighted by Gasteiger charge is -2.19. The number of hydrogen-bond donors (Lipinski definition) is 3. The van der Waals surface area contributed by atoms with E-state index in [0.717, 1.165) is 17.0 Å². The smallest absolute Gasteiger partial charge is 0.157 e. The van der Waals surface area contributed by atoms with E-state index in [9.17, 15) is 10.2 Å². The lowest BCUT2D eigenvalue weighted by atomic mass is 10.1. The van der Waals surface area contributed by atoms with Crippen LogP contribution < -0.4 is 10.1 Å². The van der Waals surface area contributed by atoms with E-state index in [1.807, 2.05) is 60.7 Å². The van der Waals surface area contributed by atoms with E-state index in [4.69, 9.17) is 9.84 Å². The van der Waals surface area contributed by atoms with Crippen molar-refractivity contribution in [2.24, 2.45) is 5.92 Å². The van der Waals surface area contributed by atoms with E-state index in [1.54, 1.807) is 16.8 Å². The summed E-state index contributed by atoms with van der Waals surface area (Å²) in [7, 11) is 0. The minimum Gasteiger partial charge on any atom is -0.457 e. The second-order valence-electron chi connectivity index (χ2n) is 7.77. The first-order valence-corrected chi connectivity index (χ1v) is 10.2. The Hall–Kier alpha value is -3.42. The molecule has 1 fully saturated rings. The summed E-state index contributed by atoms with van der Waals surface area (Å²) in [5.74, 6) is 1.90. The summed E-state index contributed by atoms with van der Waals surface area (Å²) in [5.41, 5.74) is 2.22. The van der Waals surface area contributed by atoms with Crippen molar-refractivity contribution in [2.45, 2.75) is 24.7 Å². The molecular weight excluding hydrogens is 392 g/mol. The molecule has 0 amide bonds. The van der Waals surface area contributed by atoms with Crippen LogP contribution in [-0.2, 0) is 0 Å². The van der Waals surface area contributed by atoms with Gasteiger partial charge in [-0.15, -0.1) is 0 Å². The van der Waals surface area contributed by atoms with Crippen molar-refractivity contribution in [3.8, 4) is 22.8 Å². The van der Waals surface area contributed by atoms with Crippen LogP contribution >= 0.6 is 0 Å². The van der Waals surface area contributed by atoms with Gasteiger partial charge in [0.25, 0.3) is 0 Å². The molecule has 1 saturated carbocycles. The highest BCUT2D eigenvalue weighted by Crippen LogP contribution is 2.34. The topological polar surface area (TPSA) is 91.9 Å². The normalized spacial score (nSPS) is 23.2. The molecule has 4 aromatic rings. The van der Waals surface area contributed by atoms with E-state index in [1.165, 1.54) is 0 Å². The summed E-state index contributed by atoms with van der Waals surface area (Å²) in [6, 6.07) is 20.7. The van der Waals surface area contributed by atoms with Crippen LogP contribution in [0.5, 0.6) is 11.5 Å². The van der Waals surface area contributed by atoms with Crippen molar-refractivity contribution in [3.05, 3.63) is 79.9 Å². The number of anilines is 1. The Labute approximate surface area is 180 Å². The van der Waals surface area contributed by atoms with E-state index in [2.05, 4.69) is 17.2 Å². The fourth-order valence-corrected chi connectivity index (χ4v) is 3.98. The van der Waals surface area contributed by atoms with Gasteiger partial charge in [-0.25, -0.2) is 4.98 Å². The molecule has 0 unspecified atom stereocenters. The SMILES string of the molecule is [CH2][C@@H]1C[C@@H](Nc2ccnc3cc(-c4ccccc4Oc4ccccc4)nn23)[C@H](O)[C@@H]1O. The number of aromatic nitrogens is 3. The van der Waals surface area contributed by atoms with Gasteiger partial charge in [0, 0.05) is 17.8 Å². The second kappa shape index (κ2) is 8.02. The molecule has 31 heavy (non-hydrogen) atoms. The van der Waals surface area contributed by atoms with Crippen LogP contribution in [0.1, 0.15) is 6.42 Å². The van der Waals surface area contributed by atoms with Crippen molar-refractivity contribution in [2.75, 3.05) is 5.32 Å². The third-order valence-electron chi connectivity index (χ3n) is 5.63. The molecule has 7 heteroatoms. The zero-order valence-electron chi connectivity index (χ0n) is 16.8. The zero-order valence-corrected chi connectivity index (χ0v) is 16.8. The quantitative estimate of drug-likeness (QED) is 0.462. The van der Waals surface area contributed by atoms with Crippen LogP contribution in [0.3, 0.4) is 0 Å². The Kier molecular flexibility index (Phi) is 5.05. The minimum atomic E-state index is -0.888. The van der Waals surface area contributed by atoms with Crippen LogP contribution in [0.15, 0.2) is 72.9 Å². The van der Waals surface area contributed by atoms with Gasteiger partial charge in [0.2, 0.25) is 0 Å². The molecule has 0 saturated heterocycles. The van der Waals surface area contributed by atoms with Gasteiger partial charge in [0.05, 0.1) is 17.8 Å². The molecule has 5 rings (SSSR count). The second-order valence-corrected chi connectivity index (χ2v) is 7.77. The molecule has 0 bridgehead atoms. The predicted octanol–water partition coefficient (Wildman–Crippen LogP) is 3.54. The van der Waals surface area contributed by atoms with Crippen molar-refractivity contribution in [1.82, 2.24) is 14.6 Å². The largest absolute Gasteiger partial charge is 0.457 e. The lowest BCUT2D eigenvalue weighted by Crippen LogP contribution is -2.35. The number of aliphatic hydroxyl groups excluding tert-OH is 2. The van der Waals surface area contributed by atoms with Crippen LogP contribution in [0.25, 0.3) is 16.9 Å². The molecule has 1 radical (unpaired) electrons. The summed E-state index contributed by atoms with van der Waals surface area (Å²) in [6.07, 6.45) is 0.522. The van der Waals surface area contributed by atoms with Gasteiger partial charge in [-0.05, 0) is 49.6 Å². The van der Waals surface area contributed by atoms with Gasteiger partial charge < -0.3 is 20.3 Å². The Morgan fingerprint density at radius 2 is 1.77 bits per heavy atom. The van der Waals surface area contributed by atoms with Crippen LogP contribution in [-0.4, -0.2) is 43.1 Å². The monoisotopic (exact) mass is 415 g/mol. The maximum absolute atomic E-state index is 10.3. The van der Waals surface area contributed by atoms with Crippen molar-refractivity contribution in [1.29, 1.82) is 0 Å². The summed E-state index contributed by atoms with van der Waals surface area (Å²) in [5, 5.41) is 28.4. The Morgan fingerprint density at radius 3 is 2.55 bits per heavy atom. The average molecular weight is 415 g/mol. The molecule has 2 aromatic heterocycles. The number of nitrogens with one attached hydrogen (secondary N) is 1. The lowest BCUT2D eigenvalue weighted by molar-refractivity contribution is 0.0256. The number of para-hydroxylation sites is 2. The molecule has 2 aromatic carbocycles. The molecule has 0 spiro atoms. The third-order valence-corrected chi connectivity index (χ3v) is 5.63. The van der Waals surface area contributed by atoms with Gasteiger partial charge >= 0.3 is 0 Å². The molecule has 4 atom stereocenters. The average Bonchev–Trinajstić information content (AvgIpc) is 3.33. The Balaban J connectivity index is 1.48. The highest BCUT2D eigenvalue weighted by molar-refractivity contribution is 5.71. The van der Waals surface area contributed by atoms with Gasteiger partial charge in [0.1, 0.15) is 23.4 Å². The first kappa shape index (κ1) is 19.5. The van der Waals surface area contributed by atoms with Gasteiger partial charge in [-0.2, -0.15) is 9.61 Å². The van der Waals surface area contributed by atoms with Crippen LogP contribution in [0.4, 0.5) is 5.82 Å². The maximum atomic E-state index is 10.3. The number of hydrogen-bond acceptors (Lipinski definition) is 6. The third kappa shape index (κ3) is 3.73. The number of ether oxygens (including phenoxy) is 1. The van der Waals surface area contributed by atoms with Crippen molar-refractivity contribution >= 4 is 11.5 Å². The first-order chi connectivity index (χ1) is 15.1. The summed E-state index contributed by atoms with van der Waals surface area (Å²) < 4.78 is 7.78. The van der Waals surface area contributed by atoms with E-state index in [0.29, 0.717) is 23.6 Å². The minimum absolute atomic E-state index is 0.222. The predicted molar refractivity (Wildman–Crippen MR) is 118 cm³/mol. The molecule has 0 aliphatic heterocycles. The molecule has 3 N–H and O–H groups in total. The molecule has 157 valence electrons. The fourth-order valence-electron chi connectivity index (χ4n) is 3.98. The highest BCUT2D eigenvalue weighted by Gasteiger charge is 2.39. The molecule has 1 aliphatic carbocycles. The van der Waals surface area contributed by atoms with Crippen LogP contribution in [0.2, 0.25) is 0 Å². The van der Waals surface area contributed by atoms with E-state index < -0.39 is 12.2 Å². The number of nitrogens with zero attached hydrogens (tertiary/aromatic N) is 3. The van der Waals surface area contributed by atoms with Crippen molar-refractivity contribution in [3.63, 3.8) is 0 Å². The maximum Gasteiger partial charge on any atom is 0.157 e. The van der Waals surface area contributed by atoms with E-state index >= 15 is 0 Å². The molecule has 1 aliphatic rings.